The van der Waals surface area contributed by atoms with Crippen LogP contribution in [0.1, 0.15) is 29.3 Å². The van der Waals surface area contributed by atoms with E-state index in [1.165, 1.54) is 0 Å². The summed E-state index contributed by atoms with van der Waals surface area (Å²) in [7, 11) is 0. The average Bonchev–Trinajstić information content (AvgIpc) is 2.88. The predicted octanol–water partition coefficient (Wildman–Crippen LogP) is 0.988. The van der Waals surface area contributed by atoms with Crippen molar-refractivity contribution in [2.75, 3.05) is 13.1 Å². The molecule has 0 radical (unpaired) electrons. The van der Waals surface area contributed by atoms with Crippen molar-refractivity contribution in [2.24, 2.45) is 11.7 Å². The highest BCUT2D eigenvalue weighted by Gasteiger charge is 2.29. The number of nitrogens with two attached hydrogens (primary N) is 1. The Balaban J connectivity index is 2.03. The number of likely N-dealkylation sites (tertiary alicyclic amines) is 1. The zero-order chi connectivity index (χ0) is 13.1. The van der Waals surface area contributed by atoms with Crippen LogP contribution in [0, 0.1) is 5.92 Å². The van der Waals surface area contributed by atoms with Gasteiger partial charge >= 0.3 is 0 Å². The molecule has 98 valence electrons. The first-order valence-electron chi connectivity index (χ1n) is 6.38. The molecule has 1 aliphatic heterocycles. The Morgan fingerprint density at radius 1 is 1.50 bits per heavy atom. The molecule has 1 heterocycles. The summed E-state index contributed by atoms with van der Waals surface area (Å²) in [5.74, 6) is 0.249. The fraction of sp³-hybridized carbons (Fsp3) is 0.500. The summed E-state index contributed by atoms with van der Waals surface area (Å²) in [6, 6.07) is 7.41. The molecule has 4 nitrogen and oxygen atoms in total. The van der Waals surface area contributed by atoms with Crippen molar-refractivity contribution in [3.63, 3.8) is 0 Å². The van der Waals surface area contributed by atoms with Gasteiger partial charge in [-0.1, -0.05) is 12.1 Å². The summed E-state index contributed by atoms with van der Waals surface area (Å²) in [5, 5.41) is 9.54. The molecular formula is C14H20N2O2. The highest BCUT2D eigenvalue weighted by molar-refractivity contribution is 5.94. The smallest absolute Gasteiger partial charge is 0.253 e. The molecule has 0 bridgehead atoms. The number of rotatable bonds is 3. The predicted molar refractivity (Wildman–Crippen MR) is 70.0 cm³/mol. The van der Waals surface area contributed by atoms with Gasteiger partial charge in [0.15, 0.2) is 0 Å². The van der Waals surface area contributed by atoms with Crippen molar-refractivity contribution in [3.05, 3.63) is 35.4 Å². The number of aliphatic hydroxyl groups excluding tert-OH is 1. The molecule has 1 aromatic rings. The van der Waals surface area contributed by atoms with Crippen LogP contribution < -0.4 is 5.73 Å². The monoisotopic (exact) mass is 248 g/mol. The Labute approximate surface area is 107 Å². The fourth-order valence-electron chi connectivity index (χ4n) is 2.33. The molecule has 1 aromatic carbocycles. The van der Waals surface area contributed by atoms with E-state index >= 15 is 0 Å². The van der Waals surface area contributed by atoms with Crippen LogP contribution in [0.2, 0.25) is 0 Å². The van der Waals surface area contributed by atoms with Gasteiger partial charge in [-0.15, -0.1) is 0 Å². The second-order valence-electron chi connectivity index (χ2n) is 4.94. The Morgan fingerprint density at radius 2 is 2.17 bits per heavy atom. The molecule has 0 spiro atoms. The van der Waals surface area contributed by atoms with Gasteiger partial charge in [-0.2, -0.15) is 0 Å². The summed E-state index contributed by atoms with van der Waals surface area (Å²) >= 11 is 0. The molecule has 0 aromatic heterocycles. The van der Waals surface area contributed by atoms with Crippen LogP contribution in [0.4, 0.5) is 0 Å². The van der Waals surface area contributed by atoms with E-state index in [0.29, 0.717) is 18.7 Å². The minimum absolute atomic E-state index is 0.0433. The van der Waals surface area contributed by atoms with Crippen LogP contribution in [0.25, 0.3) is 0 Å². The Bertz CT molecular complexity index is 414. The molecule has 3 N–H and O–H groups in total. The molecule has 2 rings (SSSR count). The van der Waals surface area contributed by atoms with Crippen molar-refractivity contribution in [1.82, 2.24) is 4.90 Å². The number of hydrogen-bond donors (Lipinski definition) is 2. The summed E-state index contributed by atoms with van der Waals surface area (Å²) in [5.41, 5.74) is 7.24. The highest BCUT2D eigenvalue weighted by Crippen LogP contribution is 2.21. The van der Waals surface area contributed by atoms with Crippen LogP contribution in [0.15, 0.2) is 24.3 Å². The van der Waals surface area contributed by atoms with E-state index in [9.17, 15) is 9.90 Å². The SMILES string of the molecule is CC(O)C1CCN(C(=O)c2ccc(CN)cc2)C1. The van der Waals surface area contributed by atoms with Gasteiger partial charge in [0.05, 0.1) is 6.10 Å². The van der Waals surface area contributed by atoms with Gasteiger partial charge in [-0.05, 0) is 31.0 Å². The zero-order valence-electron chi connectivity index (χ0n) is 10.7. The molecule has 0 saturated carbocycles. The Kier molecular flexibility index (Phi) is 3.99. The molecular weight excluding hydrogens is 228 g/mol. The maximum absolute atomic E-state index is 12.2. The standard InChI is InChI=1S/C14H20N2O2/c1-10(17)13-6-7-16(9-13)14(18)12-4-2-11(8-15)3-5-12/h2-5,10,13,17H,6-9,15H2,1H3. The van der Waals surface area contributed by atoms with E-state index in [-0.39, 0.29) is 17.9 Å². The number of carbonyl (C=O) groups is 1. The summed E-state index contributed by atoms with van der Waals surface area (Å²) in [6.45, 7) is 3.65. The second kappa shape index (κ2) is 5.50. The largest absolute Gasteiger partial charge is 0.393 e. The number of carbonyl (C=O) groups excluding carboxylic acids is 1. The molecule has 1 aliphatic rings. The van der Waals surface area contributed by atoms with Crippen LogP contribution >= 0.6 is 0 Å². The molecule has 18 heavy (non-hydrogen) atoms. The van der Waals surface area contributed by atoms with Gasteiger partial charge in [0.25, 0.3) is 5.91 Å². The summed E-state index contributed by atoms with van der Waals surface area (Å²) in [4.78, 5) is 14.0. The summed E-state index contributed by atoms with van der Waals surface area (Å²) in [6.07, 6.45) is 0.534. The minimum Gasteiger partial charge on any atom is -0.393 e. The quantitative estimate of drug-likeness (QED) is 0.838. The maximum atomic E-state index is 12.2. The maximum Gasteiger partial charge on any atom is 0.253 e. The lowest BCUT2D eigenvalue weighted by Crippen LogP contribution is -2.30. The first-order chi connectivity index (χ1) is 8.61. The number of amides is 1. The van der Waals surface area contributed by atoms with Gasteiger partial charge in [0.2, 0.25) is 0 Å². The fourth-order valence-corrected chi connectivity index (χ4v) is 2.33. The van der Waals surface area contributed by atoms with Crippen LogP contribution in [-0.4, -0.2) is 35.1 Å². The van der Waals surface area contributed by atoms with Crippen molar-refractivity contribution in [1.29, 1.82) is 0 Å². The topological polar surface area (TPSA) is 66.6 Å². The third kappa shape index (κ3) is 2.71. The van der Waals surface area contributed by atoms with E-state index in [1.807, 2.05) is 29.2 Å². The molecule has 4 heteroatoms. The lowest BCUT2D eigenvalue weighted by Gasteiger charge is -2.17. The van der Waals surface area contributed by atoms with Crippen molar-refractivity contribution in [3.8, 4) is 0 Å². The third-order valence-corrected chi connectivity index (χ3v) is 3.63. The minimum atomic E-state index is -0.345. The molecule has 1 fully saturated rings. The van der Waals surface area contributed by atoms with E-state index in [4.69, 9.17) is 5.73 Å². The van der Waals surface area contributed by atoms with Gasteiger partial charge < -0.3 is 15.7 Å². The third-order valence-electron chi connectivity index (χ3n) is 3.63. The van der Waals surface area contributed by atoms with Crippen molar-refractivity contribution >= 4 is 5.91 Å². The van der Waals surface area contributed by atoms with Gasteiger partial charge in [-0.25, -0.2) is 0 Å². The number of hydrogen-bond acceptors (Lipinski definition) is 3. The molecule has 0 aliphatic carbocycles. The van der Waals surface area contributed by atoms with Crippen molar-refractivity contribution in [2.45, 2.75) is 26.0 Å². The second-order valence-corrected chi connectivity index (χ2v) is 4.94. The number of benzene rings is 1. The Hall–Kier alpha value is -1.39. The van der Waals surface area contributed by atoms with E-state index in [1.54, 1.807) is 6.92 Å². The molecule has 1 saturated heterocycles. The normalized spacial score (nSPS) is 21.1. The first-order valence-corrected chi connectivity index (χ1v) is 6.38. The highest BCUT2D eigenvalue weighted by atomic mass is 16.3. The van der Waals surface area contributed by atoms with Gasteiger partial charge in [-0.3, -0.25) is 4.79 Å². The van der Waals surface area contributed by atoms with Gasteiger partial charge in [0.1, 0.15) is 0 Å². The lowest BCUT2D eigenvalue weighted by molar-refractivity contribution is 0.0762. The van der Waals surface area contributed by atoms with Gasteiger partial charge in [0, 0.05) is 31.1 Å². The van der Waals surface area contributed by atoms with Crippen LogP contribution in [-0.2, 0) is 6.54 Å². The van der Waals surface area contributed by atoms with E-state index in [2.05, 4.69) is 0 Å². The number of nitrogens with zero attached hydrogens (tertiary/aromatic N) is 1. The molecule has 1 amide bonds. The van der Waals surface area contributed by atoms with E-state index in [0.717, 1.165) is 18.5 Å². The van der Waals surface area contributed by atoms with Crippen LogP contribution in [0.5, 0.6) is 0 Å². The van der Waals surface area contributed by atoms with E-state index < -0.39 is 0 Å². The van der Waals surface area contributed by atoms with Crippen LogP contribution in [0.3, 0.4) is 0 Å². The van der Waals surface area contributed by atoms with Crippen molar-refractivity contribution < 1.29 is 9.90 Å². The molecule has 2 unspecified atom stereocenters. The zero-order valence-corrected chi connectivity index (χ0v) is 10.7. The summed E-state index contributed by atoms with van der Waals surface area (Å²) < 4.78 is 0. The lowest BCUT2D eigenvalue weighted by atomic mass is 10.0. The molecule has 2 atom stereocenters. The Morgan fingerprint density at radius 3 is 2.67 bits per heavy atom. The number of aliphatic hydroxyl groups is 1. The first kappa shape index (κ1) is 13.1. The average molecular weight is 248 g/mol.